The number of amides is 2. The predicted octanol–water partition coefficient (Wildman–Crippen LogP) is 3.14. The lowest BCUT2D eigenvalue weighted by Gasteiger charge is -2.10. The molecule has 0 radical (unpaired) electrons. The molecule has 0 aliphatic carbocycles. The van der Waals surface area contributed by atoms with Crippen molar-refractivity contribution in [1.82, 2.24) is 5.43 Å². The molecule has 0 spiro atoms. The second-order valence-electron chi connectivity index (χ2n) is 5.98. The first-order chi connectivity index (χ1) is 13.9. The number of carbonyl (C=O) groups is 2. The van der Waals surface area contributed by atoms with Gasteiger partial charge in [0.05, 0.1) is 12.8 Å². The Hall–Kier alpha value is -3.68. The summed E-state index contributed by atoms with van der Waals surface area (Å²) in [5, 5.41) is 16.5. The minimum Gasteiger partial charge on any atom is -0.504 e. The number of phenolic OH excluding ortho intramolecular Hbond substituents is 1. The predicted molar refractivity (Wildman–Crippen MR) is 109 cm³/mol. The molecule has 0 unspecified atom stereocenters. The van der Waals surface area contributed by atoms with E-state index in [4.69, 9.17) is 4.74 Å². The van der Waals surface area contributed by atoms with E-state index in [2.05, 4.69) is 22.4 Å². The molecule has 7 nitrogen and oxygen atoms in total. The van der Waals surface area contributed by atoms with Crippen LogP contribution in [-0.4, -0.2) is 29.7 Å². The van der Waals surface area contributed by atoms with Gasteiger partial charge in [0.15, 0.2) is 11.5 Å². The van der Waals surface area contributed by atoms with E-state index in [0.29, 0.717) is 35.6 Å². The number of halogens is 1. The lowest BCUT2D eigenvalue weighted by atomic mass is 10.1. The van der Waals surface area contributed by atoms with Crippen LogP contribution in [0.1, 0.15) is 24.5 Å². The van der Waals surface area contributed by atoms with Gasteiger partial charge in [0.1, 0.15) is 12.2 Å². The molecular weight excluding hydrogens is 377 g/mol. The number of aromatic hydroxyl groups is 1. The topological polar surface area (TPSA) is 100 Å². The van der Waals surface area contributed by atoms with E-state index >= 15 is 0 Å². The summed E-state index contributed by atoms with van der Waals surface area (Å²) in [6, 6.07) is 8.47. The summed E-state index contributed by atoms with van der Waals surface area (Å²) >= 11 is 0. The highest BCUT2D eigenvalue weighted by molar-refractivity contribution is 6.03. The molecule has 0 aromatic heterocycles. The molecule has 0 fully saturated rings. The van der Waals surface area contributed by atoms with Crippen molar-refractivity contribution >= 4 is 23.7 Å². The van der Waals surface area contributed by atoms with Crippen LogP contribution in [0.25, 0.3) is 0 Å². The Labute approximate surface area is 167 Å². The summed E-state index contributed by atoms with van der Waals surface area (Å²) in [4.78, 5) is 23.7. The van der Waals surface area contributed by atoms with Crippen LogP contribution in [0, 0.1) is 5.82 Å². The minimum absolute atomic E-state index is 0.0328. The van der Waals surface area contributed by atoms with Gasteiger partial charge in [-0.05, 0) is 55.3 Å². The molecule has 2 aromatic rings. The molecular formula is C21H22FN3O4. The van der Waals surface area contributed by atoms with Crippen LogP contribution in [-0.2, 0) is 16.0 Å². The van der Waals surface area contributed by atoms with Gasteiger partial charge >= 0.3 is 0 Å². The third kappa shape index (κ3) is 6.76. The number of allylic oxidation sites excluding steroid dienone is 1. The van der Waals surface area contributed by atoms with Gasteiger partial charge in [-0.1, -0.05) is 6.08 Å². The van der Waals surface area contributed by atoms with E-state index in [1.807, 2.05) is 0 Å². The van der Waals surface area contributed by atoms with Crippen molar-refractivity contribution < 1.29 is 23.8 Å². The molecule has 152 valence electrons. The van der Waals surface area contributed by atoms with E-state index in [1.54, 1.807) is 25.1 Å². The molecule has 29 heavy (non-hydrogen) atoms. The van der Waals surface area contributed by atoms with Crippen LogP contribution < -0.4 is 15.5 Å². The number of hydrogen-bond donors (Lipinski definition) is 3. The first-order valence-corrected chi connectivity index (χ1v) is 8.89. The van der Waals surface area contributed by atoms with Crippen LogP contribution in [0.4, 0.5) is 10.1 Å². The normalized spacial score (nSPS) is 10.6. The summed E-state index contributed by atoms with van der Waals surface area (Å²) < 4.78 is 18.3. The van der Waals surface area contributed by atoms with Gasteiger partial charge < -0.3 is 15.2 Å². The summed E-state index contributed by atoms with van der Waals surface area (Å²) in [5.41, 5.74) is 3.85. The number of anilines is 1. The second kappa shape index (κ2) is 10.6. The molecule has 8 heteroatoms. The van der Waals surface area contributed by atoms with Gasteiger partial charge in [0.25, 0.3) is 0 Å². The molecule has 2 aromatic carbocycles. The van der Waals surface area contributed by atoms with Gasteiger partial charge in [-0.25, -0.2) is 9.82 Å². The average molecular weight is 399 g/mol. The quantitative estimate of drug-likeness (QED) is 0.261. The SMILES string of the molecule is C=CCc1cc(/C=N/NC(=O)CC(=O)Nc2ccc(F)cc2)cc(OCC)c1O. The largest absolute Gasteiger partial charge is 0.504 e. The van der Waals surface area contributed by atoms with Crippen molar-refractivity contribution in [3.63, 3.8) is 0 Å². The molecule has 0 heterocycles. The number of rotatable bonds is 9. The number of nitrogens with one attached hydrogen (secondary N) is 2. The van der Waals surface area contributed by atoms with E-state index < -0.39 is 24.1 Å². The lowest BCUT2D eigenvalue weighted by Crippen LogP contribution is -2.24. The standard InChI is InChI=1S/C21H22FN3O4/c1-3-5-15-10-14(11-18(21(15)28)29-4-2)13-23-25-20(27)12-19(26)24-17-8-6-16(22)7-9-17/h3,6-11,13,28H,1,4-5,12H2,2H3,(H,24,26)(H,25,27)/b23-13+. The number of hydrazone groups is 1. The van der Waals surface area contributed by atoms with Crippen molar-refractivity contribution in [3.05, 3.63) is 66.0 Å². The van der Waals surface area contributed by atoms with Crippen molar-refractivity contribution in [2.45, 2.75) is 19.8 Å². The lowest BCUT2D eigenvalue weighted by molar-refractivity contribution is -0.126. The number of phenols is 1. The summed E-state index contributed by atoms with van der Waals surface area (Å²) in [7, 11) is 0. The maximum Gasteiger partial charge on any atom is 0.249 e. The zero-order chi connectivity index (χ0) is 21.2. The molecule has 2 rings (SSSR count). The molecule has 0 saturated carbocycles. The fourth-order valence-electron chi connectivity index (χ4n) is 2.44. The fraction of sp³-hybridized carbons (Fsp3) is 0.190. The first-order valence-electron chi connectivity index (χ1n) is 8.89. The van der Waals surface area contributed by atoms with E-state index in [-0.39, 0.29) is 5.75 Å². The van der Waals surface area contributed by atoms with Crippen LogP contribution >= 0.6 is 0 Å². The highest BCUT2D eigenvalue weighted by Crippen LogP contribution is 2.31. The Kier molecular flexibility index (Phi) is 7.90. The number of nitrogens with zero attached hydrogens (tertiary/aromatic N) is 1. The Morgan fingerprint density at radius 1 is 1.24 bits per heavy atom. The maximum absolute atomic E-state index is 12.9. The Bertz CT molecular complexity index is 911. The number of ether oxygens (including phenoxy) is 1. The minimum atomic E-state index is -0.615. The Morgan fingerprint density at radius 3 is 2.62 bits per heavy atom. The molecule has 0 aliphatic heterocycles. The Balaban J connectivity index is 1.95. The molecule has 0 saturated heterocycles. The highest BCUT2D eigenvalue weighted by Gasteiger charge is 2.11. The summed E-state index contributed by atoms with van der Waals surface area (Å²) in [5.74, 6) is -1.26. The second-order valence-corrected chi connectivity index (χ2v) is 5.98. The number of carbonyl (C=O) groups excluding carboxylic acids is 2. The van der Waals surface area contributed by atoms with Gasteiger partial charge in [-0.15, -0.1) is 6.58 Å². The van der Waals surface area contributed by atoms with E-state index in [9.17, 15) is 19.1 Å². The number of benzene rings is 2. The molecule has 0 atom stereocenters. The smallest absolute Gasteiger partial charge is 0.249 e. The highest BCUT2D eigenvalue weighted by atomic mass is 19.1. The van der Waals surface area contributed by atoms with Crippen molar-refractivity contribution in [2.24, 2.45) is 5.10 Å². The van der Waals surface area contributed by atoms with Crippen LogP contribution in [0.2, 0.25) is 0 Å². The van der Waals surface area contributed by atoms with Crippen molar-refractivity contribution in [3.8, 4) is 11.5 Å². The van der Waals surface area contributed by atoms with E-state index in [0.717, 1.165) is 0 Å². The molecule has 0 bridgehead atoms. The zero-order valence-corrected chi connectivity index (χ0v) is 15.9. The maximum atomic E-state index is 12.9. The van der Waals surface area contributed by atoms with Gasteiger partial charge in [0, 0.05) is 11.3 Å². The Morgan fingerprint density at radius 2 is 1.97 bits per heavy atom. The average Bonchev–Trinajstić information content (AvgIpc) is 2.67. The van der Waals surface area contributed by atoms with E-state index in [1.165, 1.54) is 30.5 Å². The van der Waals surface area contributed by atoms with Gasteiger partial charge in [-0.2, -0.15) is 5.10 Å². The van der Waals surface area contributed by atoms with Gasteiger partial charge in [-0.3, -0.25) is 9.59 Å². The third-order valence-electron chi connectivity index (χ3n) is 3.69. The van der Waals surface area contributed by atoms with Crippen molar-refractivity contribution in [1.29, 1.82) is 0 Å². The number of hydrogen-bond acceptors (Lipinski definition) is 5. The van der Waals surface area contributed by atoms with Gasteiger partial charge in [0.2, 0.25) is 11.8 Å². The zero-order valence-electron chi connectivity index (χ0n) is 15.9. The monoisotopic (exact) mass is 399 g/mol. The fourth-order valence-corrected chi connectivity index (χ4v) is 2.44. The molecule has 3 N–H and O–H groups in total. The van der Waals surface area contributed by atoms with Crippen molar-refractivity contribution in [2.75, 3.05) is 11.9 Å². The van der Waals surface area contributed by atoms with Crippen LogP contribution in [0.5, 0.6) is 11.5 Å². The third-order valence-corrected chi connectivity index (χ3v) is 3.69. The molecule has 2 amide bonds. The van der Waals surface area contributed by atoms with Crippen LogP contribution in [0.15, 0.2) is 54.2 Å². The first kappa shape index (κ1) is 21.6. The summed E-state index contributed by atoms with van der Waals surface area (Å²) in [6.07, 6.45) is 3.01. The molecule has 0 aliphatic rings. The van der Waals surface area contributed by atoms with Crippen LogP contribution in [0.3, 0.4) is 0 Å². The summed E-state index contributed by atoms with van der Waals surface area (Å²) in [6.45, 7) is 5.82.